The minimum absolute atomic E-state index is 0.113. The van der Waals surface area contributed by atoms with Crippen LogP contribution in [0.15, 0.2) is 42.5 Å². The van der Waals surface area contributed by atoms with Crippen LogP contribution in [0, 0.1) is 6.92 Å². The number of carbonyl (C=O) groups excluding carboxylic acids is 1. The molecule has 7 heteroatoms. The molecule has 21 heavy (non-hydrogen) atoms. The van der Waals surface area contributed by atoms with E-state index in [0.29, 0.717) is 10.8 Å². The van der Waals surface area contributed by atoms with E-state index in [-0.39, 0.29) is 11.3 Å². The third kappa shape index (κ3) is 2.75. The molecule has 0 aromatic heterocycles. The molecule has 1 heterocycles. The zero-order chi connectivity index (χ0) is 15.0. The molecule has 0 fully saturated rings. The molecular formula is C14H10ClO5P. The van der Waals surface area contributed by atoms with Gasteiger partial charge in [-0.15, -0.1) is 0 Å². The SMILES string of the molecule is Cc1ccccc1O[P@]1(=O)OC(=O)c2cc(Cl)ccc2O1. The Morgan fingerprint density at radius 1 is 1.14 bits per heavy atom. The number of rotatable bonds is 2. The smallest absolute Gasteiger partial charge is 0.386 e. The molecule has 0 radical (unpaired) electrons. The largest absolute Gasteiger partial charge is 0.649 e. The fraction of sp³-hybridized carbons (Fsp3) is 0.0714. The highest BCUT2D eigenvalue weighted by Gasteiger charge is 2.42. The van der Waals surface area contributed by atoms with E-state index in [1.807, 2.05) is 6.07 Å². The van der Waals surface area contributed by atoms with Crippen molar-refractivity contribution < 1.29 is 22.9 Å². The van der Waals surface area contributed by atoms with Crippen molar-refractivity contribution in [3.8, 4) is 11.5 Å². The van der Waals surface area contributed by atoms with E-state index < -0.39 is 13.8 Å². The summed E-state index contributed by atoms with van der Waals surface area (Å²) in [5.74, 6) is -0.353. The first-order chi connectivity index (χ1) is 9.97. The number of para-hydroxylation sites is 1. The summed E-state index contributed by atoms with van der Waals surface area (Å²) in [5, 5.41) is 0.353. The van der Waals surface area contributed by atoms with Crippen molar-refractivity contribution in [2.75, 3.05) is 0 Å². The van der Waals surface area contributed by atoms with Gasteiger partial charge in [-0.2, -0.15) is 4.57 Å². The Bertz CT molecular complexity index is 774. The highest BCUT2D eigenvalue weighted by atomic mass is 35.5. The molecule has 0 spiro atoms. The quantitative estimate of drug-likeness (QED) is 0.767. The van der Waals surface area contributed by atoms with Gasteiger partial charge in [0.25, 0.3) is 0 Å². The normalized spacial score (nSPS) is 20.2. The van der Waals surface area contributed by atoms with Crippen molar-refractivity contribution >= 4 is 25.4 Å². The van der Waals surface area contributed by atoms with Crippen molar-refractivity contribution in [2.24, 2.45) is 0 Å². The molecule has 3 rings (SSSR count). The average Bonchev–Trinajstić information content (AvgIpc) is 2.42. The number of fused-ring (bicyclic) bond motifs is 1. The van der Waals surface area contributed by atoms with Crippen LogP contribution in [-0.2, 0) is 9.09 Å². The van der Waals surface area contributed by atoms with Crippen LogP contribution in [-0.4, -0.2) is 5.97 Å². The van der Waals surface area contributed by atoms with Gasteiger partial charge in [-0.1, -0.05) is 29.8 Å². The van der Waals surface area contributed by atoms with Gasteiger partial charge in [0, 0.05) is 5.02 Å². The molecule has 0 saturated heterocycles. The molecule has 0 unspecified atom stereocenters. The molecule has 0 aliphatic carbocycles. The molecule has 1 aliphatic rings. The lowest BCUT2D eigenvalue weighted by Gasteiger charge is -2.24. The standard InChI is InChI=1S/C14H10ClO5P/c1-9-4-2-3-5-12(9)18-21(17)19-13-7-6-10(15)8-11(13)14(16)20-21/h2-8H,1H3/t21-/m0/s1. The summed E-state index contributed by atoms with van der Waals surface area (Å²) in [7, 11) is -4.06. The summed E-state index contributed by atoms with van der Waals surface area (Å²) < 4.78 is 27.8. The summed E-state index contributed by atoms with van der Waals surface area (Å²) in [6, 6.07) is 11.3. The zero-order valence-corrected chi connectivity index (χ0v) is 12.6. The van der Waals surface area contributed by atoms with Crippen LogP contribution >= 0.6 is 19.4 Å². The molecule has 1 atom stereocenters. The first-order valence-corrected chi connectivity index (χ1v) is 7.89. The predicted octanol–water partition coefficient (Wildman–Crippen LogP) is 4.38. The minimum atomic E-state index is -4.06. The van der Waals surface area contributed by atoms with E-state index >= 15 is 0 Å². The molecule has 108 valence electrons. The van der Waals surface area contributed by atoms with Gasteiger partial charge in [0.15, 0.2) is 0 Å². The van der Waals surface area contributed by atoms with E-state index in [9.17, 15) is 9.36 Å². The van der Waals surface area contributed by atoms with Crippen LogP contribution in [0.4, 0.5) is 0 Å². The topological polar surface area (TPSA) is 61.8 Å². The monoisotopic (exact) mass is 324 g/mol. The van der Waals surface area contributed by atoms with E-state index in [0.717, 1.165) is 5.56 Å². The number of carbonyl (C=O) groups is 1. The van der Waals surface area contributed by atoms with E-state index in [2.05, 4.69) is 0 Å². The van der Waals surface area contributed by atoms with Crippen molar-refractivity contribution in [2.45, 2.75) is 6.92 Å². The zero-order valence-electron chi connectivity index (χ0n) is 10.9. The van der Waals surface area contributed by atoms with Crippen LogP contribution in [0.5, 0.6) is 11.5 Å². The number of phosphoric ester groups is 1. The number of aryl methyl sites for hydroxylation is 1. The lowest BCUT2D eigenvalue weighted by Crippen LogP contribution is -2.17. The Morgan fingerprint density at radius 2 is 1.90 bits per heavy atom. The maximum atomic E-state index is 12.5. The average molecular weight is 325 g/mol. The van der Waals surface area contributed by atoms with Gasteiger partial charge in [-0.05, 0) is 36.8 Å². The number of phosphoric acid groups is 1. The molecule has 0 saturated carbocycles. The van der Waals surface area contributed by atoms with Crippen LogP contribution in [0.3, 0.4) is 0 Å². The van der Waals surface area contributed by atoms with Crippen LogP contribution in [0.2, 0.25) is 5.02 Å². The Kier molecular flexibility index (Phi) is 3.40. The molecule has 5 nitrogen and oxygen atoms in total. The summed E-state index contributed by atoms with van der Waals surface area (Å²) in [4.78, 5) is 11.9. The maximum Gasteiger partial charge on any atom is 0.649 e. The Labute approximate surface area is 126 Å². The van der Waals surface area contributed by atoms with E-state index in [4.69, 9.17) is 25.2 Å². The van der Waals surface area contributed by atoms with Gasteiger partial charge in [0.2, 0.25) is 0 Å². The molecular weight excluding hydrogens is 315 g/mol. The highest BCUT2D eigenvalue weighted by molar-refractivity contribution is 7.50. The fourth-order valence-electron chi connectivity index (χ4n) is 1.85. The predicted molar refractivity (Wildman–Crippen MR) is 76.9 cm³/mol. The van der Waals surface area contributed by atoms with E-state index in [1.54, 1.807) is 25.1 Å². The minimum Gasteiger partial charge on any atom is -0.386 e. The van der Waals surface area contributed by atoms with Gasteiger partial charge in [-0.3, -0.25) is 0 Å². The third-order valence-electron chi connectivity index (χ3n) is 2.87. The number of hydrogen-bond acceptors (Lipinski definition) is 5. The van der Waals surface area contributed by atoms with E-state index in [1.165, 1.54) is 18.2 Å². The summed E-state index contributed by atoms with van der Waals surface area (Å²) >= 11 is 5.80. The first kappa shape index (κ1) is 14.0. The van der Waals surface area contributed by atoms with Gasteiger partial charge >= 0.3 is 13.8 Å². The Hall–Kier alpha value is -1.97. The number of benzene rings is 2. The molecule has 2 aromatic rings. The van der Waals surface area contributed by atoms with Gasteiger partial charge < -0.3 is 13.6 Å². The van der Waals surface area contributed by atoms with Gasteiger partial charge in [0.05, 0.1) is 0 Å². The maximum absolute atomic E-state index is 12.5. The van der Waals surface area contributed by atoms with Crippen molar-refractivity contribution in [1.82, 2.24) is 0 Å². The van der Waals surface area contributed by atoms with Crippen molar-refractivity contribution in [1.29, 1.82) is 0 Å². The molecule has 0 bridgehead atoms. The molecule has 0 N–H and O–H groups in total. The van der Waals surface area contributed by atoms with Gasteiger partial charge in [-0.25, -0.2) is 4.79 Å². The second-order valence-electron chi connectivity index (χ2n) is 4.41. The third-order valence-corrected chi connectivity index (χ3v) is 4.34. The van der Waals surface area contributed by atoms with Crippen LogP contribution in [0.1, 0.15) is 15.9 Å². The molecule has 1 aliphatic heterocycles. The van der Waals surface area contributed by atoms with Crippen LogP contribution < -0.4 is 9.05 Å². The van der Waals surface area contributed by atoms with Crippen LogP contribution in [0.25, 0.3) is 0 Å². The second-order valence-corrected chi connectivity index (χ2v) is 6.29. The highest BCUT2D eigenvalue weighted by Crippen LogP contribution is 2.54. The lowest BCUT2D eigenvalue weighted by molar-refractivity contribution is 0.0658. The summed E-state index contributed by atoms with van der Waals surface area (Å²) in [5.41, 5.74) is 0.858. The summed E-state index contributed by atoms with van der Waals surface area (Å²) in [6.45, 7) is 1.78. The second kappa shape index (κ2) is 5.10. The molecule has 0 amide bonds. The number of hydrogen-bond donors (Lipinski definition) is 0. The Balaban J connectivity index is 1.94. The molecule has 2 aromatic carbocycles. The first-order valence-electron chi connectivity index (χ1n) is 6.05. The number of halogens is 1. The Morgan fingerprint density at radius 3 is 2.67 bits per heavy atom. The summed E-state index contributed by atoms with van der Waals surface area (Å²) in [6.07, 6.45) is 0. The van der Waals surface area contributed by atoms with Gasteiger partial charge in [0.1, 0.15) is 17.1 Å². The van der Waals surface area contributed by atoms with Crippen molar-refractivity contribution in [3.63, 3.8) is 0 Å². The lowest BCUT2D eigenvalue weighted by atomic mass is 10.2. The van der Waals surface area contributed by atoms with Crippen molar-refractivity contribution in [3.05, 3.63) is 58.6 Å². The fourth-order valence-corrected chi connectivity index (χ4v) is 3.28.